The van der Waals surface area contributed by atoms with Gasteiger partial charge in [-0.15, -0.1) is 0 Å². The van der Waals surface area contributed by atoms with Gasteiger partial charge >= 0.3 is 0 Å². The van der Waals surface area contributed by atoms with Crippen LogP contribution in [0.4, 0.5) is 5.69 Å². The molecule has 2 heterocycles. The minimum atomic E-state index is 0.00475. The zero-order valence-corrected chi connectivity index (χ0v) is 16.0. The number of amides is 1. The van der Waals surface area contributed by atoms with Crippen LogP contribution in [0.15, 0.2) is 72.9 Å². The number of carbonyl (C=O) groups is 1. The van der Waals surface area contributed by atoms with Crippen LogP contribution in [0.1, 0.15) is 33.6 Å². The summed E-state index contributed by atoms with van der Waals surface area (Å²) in [5, 5.41) is 3.39. The van der Waals surface area contributed by atoms with Crippen LogP contribution in [0.5, 0.6) is 0 Å². The van der Waals surface area contributed by atoms with Gasteiger partial charge in [0.25, 0.3) is 5.91 Å². The highest BCUT2D eigenvalue weighted by atomic mass is 16.2. The summed E-state index contributed by atoms with van der Waals surface area (Å²) in [6.45, 7) is 2.29. The van der Waals surface area contributed by atoms with Gasteiger partial charge < -0.3 is 10.2 Å². The van der Waals surface area contributed by atoms with Crippen LogP contribution in [0.3, 0.4) is 0 Å². The number of fused-ring (bicyclic) bond motifs is 1. The van der Waals surface area contributed by atoms with Crippen molar-refractivity contribution in [3.63, 3.8) is 0 Å². The number of nitrogens with zero attached hydrogens (tertiary/aromatic N) is 2. The van der Waals surface area contributed by atoms with Gasteiger partial charge in [-0.2, -0.15) is 0 Å². The lowest BCUT2D eigenvalue weighted by atomic mass is 10.00. The monoisotopic (exact) mass is 371 g/mol. The number of benzene rings is 2. The topological polar surface area (TPSA) is 45.2 Å². The number of carbonyl (C=O) groups excluding carboxylic acids is 1. The maximum Gasteiger partial charge on any atom is 0.272 e. The van der Waals surface area contributed by atoms with Crippen molar-refractivity contribution in [2.24, 2.45) is 0 Å². The second-order valence-electron chi connectivity index (χ2n) is 7.19. The first-order valence-corrected chi connectivity index (χ1v) is 9.89. The van der Waals surface area contributed by atoms with Gasteiger partial charge in [-0.1, -0.05) is 54.6 Å². The van der Waals surface area contributed by atoms with E-state index in [2.05, 4.69) is 52.8 Å². The molecule has 0 atom stereocenters. The van der Waals surface area contributed by atoms with Crippen LogP contribution >= 0.6 is 0 Å². The molecule has 4 rings (SSSR count). The van der Waals surface area contributed by atoms with E-state index in [9.17, 15) is 4.79 Å². The van der Waals surface area contributed by atoms with Crippen LogP contribution in [-0.2, 0) is 19.4 Å². The van der Waals surface area contributed by atoms with Crippen molar-refractivity contribution in [3.05, 3.63) is 95.3 Å². The molecular formula is C24H25N3O. The third-order valence-corrected chi connectivity index (χ3v) is 5.21. The van der Waals surface area contributed by atoms with E-state index in [1.54, 1.807) is 6.20 Å². The third-order valence-electron chi connectivity index (χ3n) is 5.21. The summed E-state index contributed by atoms with van der Waals surface area (Å²) in [5.41, 5.74) is 5.39. The Morgan fingerprint density at radius 2 is 1.75 bits per heavy atom. The summed E-state index contributed by atoms with van der Waals surface area (Å²) < 4.78 is 0. The highest BCUT2D eigenvalue weighted by Crippen LogP contribution is 2.20. The number of hydrogen-bond acceptors (Lipinski definition) is 3. The van der Waals surface area contributed by atoms with E-state index < -0.39 is 0 Å². The zero-order chi connectivity index (χ0) is 19.2. The fourth-order valence-electron chi connectivity index (χ4n) is 3.63. The Bertz CT molecular complexity index is 922. The maximum absolute atomic E-state index is 12.8. The van der Waals surface area contributed by atoms with E-state index in [4.69, 9.17) is 0 Å². The number of rotatable bonds is 6. The van der Waals surface area contributed by atoms with Gasteiger partial charge in [0.05, 0.1) is 11.9 Å². The van der Waals surface area contributed by atoms with E-state index in [1.165, 1.54) is 16.7 Å². The number of aromatic nitrogens is 1. The first-order chi connectivity index (χ1) is 13.8. The standard InChI is InChI=1S/C24H25N3O/c28-24(27-16-14-20-10-4-5-11-21(20)18-27)23-13-12-22(17-26-23)25-15-6-9-19-7-2-1-3-8-19/h1-5,7-8,10-13,17,25H,6,9,14-16,18H2. The molecule has 1 aliphatic heterocycles. The Hall–Kier alpha value is -3.14. The fraction of sp³-hybridized carbons (Fsp3) is 0.250. The van der Waals surface area contributed by atoms with E-state index in [0.717, 1.165) is 38.0 Å². The fourth-order valence-corrected chi connectivity index (χ4v) is 3.63. The molecule has 1 aliphatic rings. The molecule has 1 amide bonds. The minimum absolute atomic E-state index is 0.00475. The Morgan fingerprint density at radius 1 is 0.964 bits per heavy atom. The SMILES string of the molecule is O=C(c1ccc(NCCCc2ccccc2)cn1)N1CCc2ccccc2C1. The number of aryl methyl sites for hydroxylation is 1. The summed E-state index contributed by atoms with van der Waals surface area (Å²) in [5.74, 6) is 0.00475. The van der Waals surface area contributed by atoms with E-state index in [1.807, 2.05) is 29.2 Å². The van der Waals surface area contributed by atoms with Crippen molar-refractivity contribution >= 4 is 11.6 Å². The van der Waals surface area contributed by atoms with Gasteiger partial charge in [0.15, 0.2) is 0 Å². The number of hydrogen-bond donors (Lipinski definition) is 1. The van der Waals surface area contributed by atoms with Crippen molar-refractivity contribution < 1.29 is 4.79 Å². The second-order valence-corrected chi connectivity index (χ2v) is 7.19. The van der Waals surface area contributed by atoms with Crippen molar-refractivity contribution in [3.8, 4) is 0 Å². The van der Waals surface area contributed by atoms with Gasteiger partial charge in [0, 0.05) is 19.6 Å². The van der Waals surface area contributed by atoms with E-state index >= 15 is 0 Å². The molecule has 0 saturated carbocycles. The molecule has 3 aromatic rings. The van der Waals surface area contributed by atoms with Crippen molar-refractivity contribution in [1.82, 2.24) is 9.88 Å². The Labute approximate surface area is 166 Å². The second kappa shape index (κ2) is 8.70. The lowest BCUT2D eigenvalue weighted by molar-refractivity contribution is 0.0729. The number of anilines is 1. The Balaban J connectivity index is 1.29. The van der Waals surface area contributed by atoms with Gasteiger partial charge in [0.2, 0.25) is 0 Å². The first kappa shape index (κ1) is 18.2. The average Bonchev–Trinajstić information content (AvgIpc) is 2.77. The molecule has 1 aromatic heterocycles. The summed E-state index contributed by atoms with van der Waals surface area (Å²) in [7, 11) is 0. The summed E-state index contributed by atoms with van der Waals surface area (Å²) in [4.78, 5) is 19.1. The molecule has 4 heteroatoms. The van der Waals surface area contributed by atoms with Crippen molar-refractivity contribution in [2.75, 3.05) is 18.4 Å². The average molecular weight is 371 g/mol. The molecule has 0 bridgehead atoms. The molecule has 4 nitrogen and oxygen atoms in total. The Kier molecular flexibility index (Phi) is 5.66. The molecule has 0 radical (unpaired) electrons. The van der Waals surface area contributed by atoms with Gasteiger partial charge in [-0.3, -0.25) is 4.79 Å². The molecule has 0 spiro atoms. The van der Waals surface area contributed by atoms with Gasteiger partial charge in [-0.25, -0.2) is 4.98 Å². The number of pyridine rings is 1. The summed E-state index contributed by atoms with van der Waals surface area (Å²) >= 11 is 0. The molecule has 0 saturated heterocycles. The molecule has 0 unspecified atom stereocenters. The highest BCUT2D eigenvalue weighted by molar-refractivity contribution is 5.92. The molecular weight excluding hydrogens is 346 g/mol. The molecule has 2 aromatic carbocycles. The van der Waals surface area contributed by atoms with Crippen LogP contribution in [0, 0.1) is 0 Å². The first-order valence-electron chi connectivity index (χ1n) is 9.89. The minimum Gasteiger partial charge on any atom is -0.384 e. The van der Waals surface area contributed by atoms with Crippen LogP contribution in [-0.4, -0.2) is 28.9 Å². The number of nitrogens with one attached hydrogen (secondary N) is 1. The molecule has 1 N–H and O–H groups in total. The third kappa shape index (κ3) is 4.39. The molecule has 0 aliphatic carbocycles. The zero-order valence-electron chi connectivity index (χ0n) is 16.0. The maximum atomic E-state index is 12.8. The van der Waals surface area contributed by atoms with Crippen molar-refractivity contribution in [1.29, 1.82) is 0 Å². The molecule has 0 fully saturated rings. The van der Waals surface area contributed by atoms with Gasteiger partial charge in [0.1, 0.15) is 5.69 Å². The predicted molar refractivity (Wildman–Crippen MR) is 112 cm³/mol. The highest BCUT2D eigenvalue weighted by Gasteiger charge is 2.22. The summed E-state index contributed by atoms with van der Waals surface area (Å²) in [6.07, 6.45) is 4.77. The quantitative estimate of drug-likeness (QED) is 0.656. The van der Waals surface area contributed by atoms with Crippen LogP contribution in [0.25, 0.3) is 0 Å². The summed E-state index contributed by atoms with van der Waals surface area (Å²) in [6, 6.07) is 22.6. The largest absolute Gasteiger partial charge is 0.384 e. The van der Waals surface area contributed by atoms with Gasteiger partial charge in [-0.05, 0) is 48.1 Å². The van der Waals surface area contributed by atoms with Crippen molar-refractivity contribution in [2.45, 2.75) is 25.8 Å². The smallest absolute Gasteiger partial charge is 0.272 e. The normalized spacial score (nSPS) is 13.1. The van der Waals surface area contributed by atoms with E-state index in [0.29, 0.717) is 12.2 Å². The Morgan fingerprint density at radius 3 is 2.54 bits per heavy atom. The molecule has 142 valence electrons. The lowest BCUT2D eigenvalue weighted by Gasteiger charge is -2.28. The van der Waals surface area contributed by atoms with Crippen LogP contribution < -0.4 is 5.32 Å². The predicted octanol–water partition coefficient (Wildman–Crippen LogP) is 4.32. The van der Waals surface area contributed by atoms with E-state index in [-0.39, 0.29) is 5.91 Å². The molecule has 28 heavy (non-hydrogen) atoms. The lowest BCUT2D eigenvalue weighted by Crippen LogP contribution is -2.36. The van der Waals surface area contributed by atoms with Crippen LogP contribution in [0.2, 0.25) is 0 Å².